The first-order chi connectivity index (χ1) is 16.5. The smallest absolute Gasteiger partial charge is 0.371 e. The van der Waals surface area contributed by atoms with E-state index in [0.717, 1.165) is 16.2 Å². The van der Waals surface area contributed by atoms with Gasteiger partial charge in [-0.1, -0.05) is 12.1 Å². The summed E-state index contributed by atoms with van der Waals surface area (Å²) in [5.74, 6) is -6.93. The number of rotatable bonds is 8. The predicted molar refractivity (Wildman–Crippen MR) is 116 cm³/mol. The van der Waals surface area contributed by atoms with Crippen molar-refractivity contribution >= 4 is 63.1 Å². The summed E-state index contributed by atoms with van der Waals surface area (Å²) in [6.45, 7) is 1.52. The van der Waals surface area contributed by atoms with Crippen LogP contribution in [0.15, 0.2) is 10.5 Å². The van der Waals surface area contributed by atoms with Crippen molar-refractivity contribution in [3.8, 4) is 0 Å². The second kappa shape index (κ2) is 8.97. The monoisotopic (exact) mass is 529 g/mol. The lowest BCUT2D eigenvalue weighted by atomic mass is 9.89. The van der Waals surface area contributed by atoms with Gasteiger partial charge in [0.25, 0.3) is 17.5 Å². The van der Waals surface area contributed by atoms with E-state index in [1.165, 1.54) is 12.3 Å². The van der Waals surface area contributed by atoms with Crippen LogP contribution in [0, 0.1) is 5.92 Å². The second-order valence-corrected chi connectivity index (χ2v) is 10.3. The second-order valence-electron chi connectivity index (χ2n) is 7.83. The molecule has 0 radical (unpaired) electrons. The Morgan fingerprint density at radius 1 is 1.49 bits per heavy atom. The summed E-state index contributed by atoms with van der Waals surface area (Å²) in [5, 5.41) is 25.0. The third-order valence-electron chi connectivity index (χ3n) is 5.76. The number of aliphatic carboxylic acids is 2. The molecule has 17 heteroatoms. The minimum absolute atomic E-state index is 0.0290. The van der Waals surface area contributed by atoms with Gasteiger partial charge < -0.3 is 35.4 Å². The Balaban J connectivity index is 1.59. The van der Waals surface area contributed by atoms with Gasteiger partial charge in [0.2, 0.25) is 11.5 Å². The molecular formula is C18H19N5O10S2. The van der Waals surface area contributed by atoms with Gasteiger partial charge in [-0.3, -0.25) is 14.4 Å². The first-order valence-corrected chi connectivity index (χ1v) is 12.4. The van der Waals surface area contributed by atoms with E-state index in [4.69, 9.17) is 20.4 Å². The Bertz CT molecular complexity index is 1140. The molecule has 2 amide bonds. The number of carbonyl (C=O) groups excluding carboxylic acids is 3. The number of fused-ring (bicyclic) bond motifs is 3. The molecule has 0 unspecified atom stereocenters. The van der Waals surface area contributed by atoms with Gasteiger partial charge in [-0.05, 0) is 17.6 Å². The maximum Gasteiger partial charge on any atom is 0.371 e. The number of carbonyl (C=O) groups is 5. The summed E-state index contributed by atoms with van der Waals surface area (Å²) >= 11 is -0.859. The number of hydrogen-bond acceptors (Lipinski definition) is 12. The number of nitrogens with zero attached hydrogens (tertiary/aromatic N) is 3. The molecule has 4 rings (SSSR count). The van der Waals surface area contributed by atoms with Crippen molar-refractivity contribution in [2.45, 2.75) is 43.0 Å². The highest BCUT2D eigenvalue weighted by Gasteiger charge is 2.76. The van der Waals surface area contributed by atoms with Crippen LogP contribution in [0.25, 0.3) is 0 Å². The van der Waals surface area contributed by atoms with E-state index >= 15 is 0 Å². The van der Waals surface area contributed by atoms with Gasteiger partial charge in [-0.15, -0.1) is 11.3 Å². The number of amides is 2. The van der Waals surface area contributed by atoms with Gasteiger partial charge in [0.05, 0.1) is 12.3 Å². The van der Waals surface area contributed by atoms with E-state index in [9.17, 15) is 33.6 Å². The summed E-state index contributed by atoms with van der Waals surface area (Å²) in [6.07, 6.45) is -1.65. The van der Waals surface area contributed by atoms with Gasteiger partial charge in [-0.25, -0.2) is 19.5 Å². The van der Waals surface area contributed by atoms with Crippen LogP contribution < -0.4 is 11.1 Å². The number of esters is 1. The molecule has 1 aromatic rings. The fourth-order valence-corrected chi connectivity index (χ4v) is 6.58. The number of nitrogen functional groups attached to an aromatic ring is 1. The van der Waals surface area contributed by atoms with Crippen molar-refractivity contribution in [1.82, 2.24) is 15.2 Å². The fourth-order valence-electron chi connectivity index (χ4n) is 4.11. The van der Waals surface area contributed by atoms with Crippen molar-refractivity contribution in [2.75, 3.05) is 11.5 Å². The molecule has 3 aliphatic rings. The molecule has 0 saturated carbocycles. The number of anilines is 1. The molecule has 3 fully saturated rings. The number of hydrogen-bond donors (Lipinski definition) is 4. The number of carboxylic acids is 2. The lowest BCUT2D eigenvalue weighted by Crippen LogP contribution is -2.84. The summed E-state index contributed by atoms with van der Waals surface area (Å²) in [6, 6.07) is -1.43. The number of ether oxygens (including phenoxy) is 1. The number of aromatic nitrogens is 1. The van der Waals surface area contributed by atoms with Gasteiger partial charge in [0.15, 0.2) is 16.9 Å². The number of β-lactam (4-membered cyclic amide) rings is 1. The SMILES string of the molecule is CC[C@H](O/N=C(\C(=O)N[C@@H]1C(=O)N2[C@@H]1[S@@+]([O-])C[C@@H]1CC(=O)O[C@@]12C(=O)O)c1csc(N)n1)C(=O)O. The Hall–Kier alpha value is -3.44. The summed E-state index contributed by atoms with van der Waals surface area (Å²) in [5.41, 5.74) is 2.75. The standard InChI is InChI=1S/C18H19N5O10S2/c1-2-8(15(27)28)33-22-10(7-4-34-17(19)20-7)12(25)21-11-13(26)23-14(11)35(31)5-6-3-9(24)32-18(6,23)16(29)30/h4,6,8,11,14H,2-3,5H2,1H3,(H2,19,20)(H,21,25)(H,27,28)(H,29,30)/b22-10-/t6-,8-,11+,14+,18+,35-/m0/s1. The zero-order valence-electron chi connectivity index (χ0n) is 17.9. The quantitative estimate of drug-likeness (QED) is 0.0947. The Morgan fingerprint density at radius 3 is 2.77 bits per heavy atom. The van der Waals surface area contributed by atoms with Crippen molar-refractivity contribution < 1.29 is 48.3 Å². The number of thiazole rings is 1. The lowest BCUT2D eigenvalue weighted by Gasteiger charge is -2.55. The maximum atomic E-state index is 13.0. The predicted octanol–water partition coefficient (Wildman–Crippen LogP) is -1.93. The molecule has 0 aromatic carbocycles. The molecule has 4 heterocycles. The molecule has 0 bridgehead atoms. The van der Waals surface area contributed by atoms with E-state index in [1.807, 2.05) is 0 Å². The molecule has 188 valence electrons. The highest BCUT2D eigenvalue weighted by molar-refractivity contribution is 7.92. The Kier molecular flexibility index (Phi) is 6.32. The topological polar surface area (TPSA) is 234 Å². The highest BCUT2D eigenvalue weighted by atomic mass is 32.2. The third kappa shape index (κ3) is 3.94. The molecule has 5 N–H and O–H groups in total. The number of carboxylic acid groups (broad SMARTS) is 2. The molecule has 0 aliphatic carbocycles. The van der Waals surface area contributed by atoms with E-state index in [0.29, 0.717) is 0 Å². The first-order valence-electron chi connectivity index (χ1n) is 10.2. The van der Waals surface area contributed by atoms with Crippen molar-refractivity contribution in [3.05, 3.63) is 11.1 Å². The molecular weight excluding hydrogens is 510 g/mol. The highest BCUT2D eigenvalue weighted by Crippen LogP contribution is 2.48. The third-order valence-corrected chi connectivity index (χ3v) is 8.19. The van der Waals surface area contributed by atoms with Crippen LogP contribution in [0.5, 0.6) is 0 Å². The Labute approximate surface area is 203 Å². The zero-order chi connectivity index (χ0) is 25.7. The summed E-state index contributed by atoms with van der Waals surface area (Å²) in [7, 11) is 0. The van der Waals surface area contributed by atoms with Gasteiger partial charge in [0.1, 0.15) is 11.4 Å². The van der Waals surface area contributed by atoms with Crippen LogP contribution in [0.2, 0.25) is 0 Å². The van der Waals surface area contributed by atoms with Crippen LogP contribution in [0.4, 0.5) is 5.13 Å². The number of oxime groups is 1. The van der Waals surface area contributed by atoms with Gasteiger partial charge in [-0.2, -0.15) is 0 Å². The minimum Gasteiger partial charge on any atom is -0.615 e. The van der Waals surface area contributed by atoms with Crippen LogP contribution >= 0.6 is 11.3 Å². The average molecular weight is 530 g/mol. The number of nitrogens with two attached hydrogens (primary N) is 1. The first kappa shape index (κ1) is 24.7. The zero-order valence-corrected chi connectivity index (χ0v) is 19.5. The van der Waals surface area contributed by atoms with Gasteiger partial charge >= 0.3 is 17.9 Å². The normalized spacial score (nSPS) is 30.5. The van der Waals surface area contributed by atoms with E-state index < -0.39 is 75.8 Å². The summed E-state index contributed by atoms with van der Waals surface area (Å²) < 4.78 is 17.9. The average Bonchev–Trinajstić information content (AvgIpc) is 3.35. The van der Waals surface area contributed by atoms with E-state index in [-0.39, 0.29) is 29.4 Å². The van der Waals surface area contributed by atoms with Crippen LogP contribution in [0.1, 0.15) is 25.5 Å². The lowest BCUT2D eigenvalue weighted by molar-refractivity contribution is -0.216. The van der Waals surface area contributed by atoms with E-state index in [1.54, 1.807) is 0 Å². The Morgan fingerprint density at radius 2 is 2.20 bits per heavy atom. The molecule has 6 atom stereocenters. The van der Waals surface area contributed by atoms with Crippen LogP contribution in [0.3, 0.4) is 0 Å². The van der Waals surface area contributed by atoms with Crippen molar-refractivity contribution in [2.24, 2.45) is 11.1 Å². The van der Waals surface area contributed by atoms with Crippen molar-refractivity contribution in [1.29, 1.82) is 0 Å². The molecule has 15 nitrogen and oxygen atoms in total. The van der Waals surface area contributed by atoms with Gasteiger partial charge in [0, 0.05) is 5.38 Å². The largest absolute Gasteiger partial charge is 0.615 e. The molecule has 0 spiro atoms. The van der Waals surface area contributed by atoms with Crippen molar-refractivity contribution in [3.63, 3.8) is 0 Å². The van der Waals surface area contributed by atoms with E-state index in [2.05, 4.69) is 15.5 Å². The molecule has 3 saturated heterocycles. The molecule has 35 heavy (non-hydrogen) atoms. The van der Waals surface area contributed by atoms with Crippen LogP contribution in [-0.4, -0.2) is 89.1 Å². The summed E-state index contributed by atoms with van der Waals surface area (Å²) in [4.78, 5) is 70.7. The van der Waals surface area contributed by atoms with Crippen LogP contribution in [-0.2, 0) is 44.7 Å². The molecule has 3 aliphatic heterocycles. The maximum absolute atomic E-state index is 13.0. The fraction of sp³-hybridized carbons (Fsp3) is 0.500. The minimum atomic E-state index is -2.30. The molecule has 1 aromatic heterocycles. The number of nitrogens with one attached hydrogen (secondary N) is 1.